The zero-order valence-electron chi connectivity index (χ0n) is 24.0. The number of piperidine rings is 1. The summed E-state index contributed by atoms with van der Waals surface area (Å²) in [5.41, 5.74) is 2.95. The average molecular weight is 610 g/mol. The summed E-state index contributed by atoms with van der Waals surface area (Å²) < 4.78 is 39.7. The van der Waals surface area contributed by atoms with E-state index in [-0.39, 0.29) is 22.5 Å². The Labute approximate surface area is 252 Å². The summed E-state index contributed by atoms with van der Waals surface area (Å²) in [5, 5.41) is 16.4. The molecule has 0 bridgehead atoms. The van der Waals surface area contributed by atoms with Crippen LogP contribution in [0.2, 0.25) is 5.02 Å². The Morgan fingerprint density at radius 1 is 1.12 bits per heavy atom. The Morgan fingerprint density at radius 3 is 2.64 bits per heavy atom. The van der Waals surface area contributed by atoms with Crippen LogP contribution >= 0.6 is 11.6 Å². The molecule has 0 spiro atoms. The van der Waals surface area contributed by atoms with E-state index < -0.39 is 21.4 Å². The van der Waals surface area contributed by atoms with Gasteiger partial charge in [0.2, 0.25) is 0 Å². The molecule has 0 saturated carbocycles. The van der Waals surface area contributed by atoms with Gasteiger partial charge in [-0.15, -0.1) is 0 Å². The molecule has 222 valence electrons. The van der Waals surface area contributed by atoms with Gasteiger partial charge < -0.3 is 10.4 Å². The summed E-state index contributed by atoms with van der Waals surface area (Å²) >= 11 is 6.43. The van der Waals surface area contributed by atoms with Crippen LogP contribution in [0.4, 0.5) is 4.39 Å². The summed E-state index contributed by atoms with van der Waals surface area (Å²) in [6, 6.07) is 17.4. The number of aliphatic hydroxyl groups is 1. The van der Waals surface area contributed by atoms with Crippen molar-refractivity contribution < 1.29 is 22.7 Å². The highest BCUT2D eigenvalue weighted by Gasteiger charge is 2.45. The van der Waals surface area contributed by atoms with E-state index in [0.29, 0.717) is 72.4 Å². The van der Waals surface area contributed by atoms with E-state index in [1.54, 1.807) is 42.5 Å². The summed E-state index contributed by atoms with van der Waals surface area (Å²) in [6.07, 6.45) is 6.32. The molecule has 1 saturated heterocycles. The number of benzene rings is 3. The molecular formula is C34H37ClFNO4S. The van der Waals surface area contributed by atoms with E-state index in [1.165, 1.54) is 6.26 Å². The SMILES string of the molecule is CCc1ccc(CC2CC(O)(C(C3=Cc4cc(S(C)(=O)=O)ccc4CCCC3=O)c3cccc(Cl)c3)CCN2)c(F)c1. The van der Waals surface area contributed by atoms with Crippen LogP contribution in [0.3, 0.4) is 0 Å². The van der Waals surface area contributed by atoms with Gasteiger partial charge in [0.05, 0.1) is 10.5 Å². The zero-order valence-corrected chi connectivity index (χ0v) is 25.6. The van der Waals surface area contributed by atoms with E-state index in [9.17, 15) is 22.7 Å². The lowest BCUT2D eigenvalue weighted by Crippen LogP contribution is -2.52. The van der Waals surface area contributed by atoms with Crippen LogP contribution in [0.1, 0.15) is 66.3 Å². The first-order valence-corrected chi connectivity index (χ1v) is 16.8. The highest BCUT2D eigenvalue weighted by molar-refractivity contribution is 7.90. The second-order valence-electron chi connectivity index (χ2n) is 11.7. The lowest BCUT2D eigenvalue weighted by molar-refractivity contribution is -0.117. The molecule has 3 aromatic carbocycles. The van der Waals surface area contributed by atoms with Crippen LogP contribution in [0.15, 0.2) is 71.1 Å². The third-order valence-electron chi connectivity index (χ3n) is 8.64. The molecule has 3 unspecified atom stereocenters. The minimum Gasteiger partial charge on any atom is -0.389 e. The van der Waals surface area contributed by atoms with Crippen molar-refractivity contribution in [2.75, 3.05) is 12.8 Å². The first-order chi connectivity index (χ1) is 20.0. The van der Waals surface area contributed by atoms with Crippen LogP contribution in [0.25, 0.3) is 6.08 Å². The lowest BCUT2D eigenvalue weighted by atomic mass is 9.68. The molecule has 1 fully saturated rings. The smallest absolute Gasteiger partial charge is 0.175 e. The maximum atomic E-state index is 14.9. The van der Waals surface area contributed by atoms with Crippen LogP contribution in [0, 0.1) is 5.82 Å². The fourth-order valence-electron chi connectivity index (χ4n) is 6.45. The van der Waals surface area contributed by atoms with Gasteiger partial charge in [-0.05, 0) is 109 Å². The van der Waals surface area contributed by atoms with Crippen LogP contribution in [-0.4, -0.2) is 43.8 Å². The summed E-state index contributed by atoms with van der Waals surface area (Å²) in [4.78, 5) is 14.0. The summed E-state index contributed by atoms with van der Waals surface area (Å²) in [5.74, 6) is -1.05. The second-order valence-corrected chi connectivity index (χ2v) is 14.1. The second kappa shape index (κ2) is 12.4. The number of aryl methyl sites for hydroxylation is 2. The number of halogens is 2. The Kier molecular flexibility index (Phi) is 9.05. The van der Waals surface area contributed by atoms with Gasteiger partial charge in [0, 0.05) is 35.2 Å². The number of rotatable bonds is 7. The quantitative estimate of drug-likeness (QED) is 0.331. The van der Waals surface area contributed by atoms with E-state index in [1.807, 2.05) is 31.2 Å². The van der Waals surface area contributed by atoms with Crippen molar-refractivity contribution in [1.29, 1.82) is 0 Å². The predicted octanol–water partition coefficient (Wildman–Crippen LogP) is 6.24. The molecule has 0 radical (unpaired) electrons. The van der Waals surface area contributed by atoms with Gasteiger partial charge in [0.1, 0.15) is 5.82 Å². The number of hydrogen-bond acceptors (Lipinski definition) is 5. The third-order valence-corrected chi connectivity index (χ3v) is 9.99. The van der Waals surface area contributed by atoms with E-state index in [0.717, 1.165) is 17.5 Å². The standard InChI is InChI=1S/C34H37ClFNO4S/c1-3-22-10-11-24(31(36)16-22)18-28-21-34(39,14-15-37-28)33(25-7-4-8-27(35)17-25)30-20-26-19-29(42(2,40)41)13-12-23(26)6-5-9-32(30)38/h4,7-8,10-13,16-17,19-20,28,33,37,39H,3,5-6,9,14-15,18,21H2,1-2H3. The fraction of sp³-hybridized carbons (Fsp3) is 0.382. The van der Waals surface area contributed by atoms with Crippen LogP contribution in [0.5, 0.6) is 0 Å². The first kappa shape index (κ1) is 30.6. The van der Waals surface area contributed by atoms with E-state index in [2.05, 4.69) is 5.32 Å². The van der Waals surface area contributed by atoms with Crippen molar-refractivity contribution in [3.8, 4) is 0 Å². The predicted molar refractivity (Wildman–Crippen MR) is 165 cm³/mol. The van der Waals surface area contributed by atoms with Crippen molar-refractivity contribution in [2.45, 2.75) is 74.3 Å². The Balaban J connectivity index is 1.59. The number of hydrogen-bond donors (Lipinski definition) is 2. The summed E-state index contributed by atoms with van der Waals surface area (Å²) in [7, 11) is -3.46. The Hall–Kier alpha value is -2.84. The van der Waals surface area contributed by atoms with Gasteiger partial charge in [0.15, 0.2) is 15.6 Å². The van der Waals surface area contributed by atoms with Gasteiger partial charge in [-0.3, -0.25) is 4.79 Å². The molecule has 5 rings (SSSR count). The van der Waals surface area contributed by atoms with Crippen LogP contribution in [-0.2, 0) is 33.9 Å². The maximum Gasteiger partial charge on any atom is 0.175 e. The third kappa shape index (κ3) is 6.70. The molecule has 0 amide bonds. The maximum absolute atomic E-state index is 14.9. The Morgan fingerprint density at radius 2 is 1.93 bits per heavy atom. The van der Waals surface area contributed by atoms with Crippen molar-refractivity contribution in [2.24, 2.45) is 0 Å². The van der Waals surface area contributed by atoms with Crippen molar-refractivity contribution in [1.82, 2.24) is 5.32 Å². The molecule has 3 aromatic rings. The highest BCUT2D eigenvalue weighted by atomic mass is 35.5. The number of nitrogens with one attached hydrogen (secondary N) is 1. The number of ketones is 1. The van der Waals surface area contributed by atoms with Crippen molar-refractivity contribution >= 4 is 33.3 Å². The van der Waals surface area contributed by atoms with Gasteiger partial charge in [-0.2, -0.15) is 0 Å². The zero-order chi connectivity index (χ0) is 30.1. The normalized spacial score (nSPS) is 22.1. The molecular weight excluding hydrogens is 573 g/mol. The lowest BCUT2D eigenvalue weighted by Gasteiger charge is -2.44. The van der Waals surface area contributed by atoms with Gasteiger partial charge in [-0.25, -0.2) is 12.8 Å². The number of carbonyl (C=O) groups excluding carboxylic acids is 1. The van der Waals surface area contributed by atoms with Crippen molar-refractivity contribution in [3.63, 3.8) is 0 Å². The summed E-state index contributed by atoms with van der Waals surface area (Å²) in [6.45, 7) is 2.47. The molecule has 5 nitrogen and oxygen atoms in total. The Bertz CT molecular complexity index is 1640. The van der Waals surface area contributed by atoms with E-state index >= 15 is 0 Å². The molecule has 2 N–H and O–H groups in total. The number of fused-ring (bicyclic) bond motifs is 1. The average Bonchev–Trinajstić information content (AvgIpc) is 2.93. The molecule has 0 aromatic heterocycles. The molecule has 1 aliphatic heterocycles. The molecule has 42 heavy (non-hydrogen) atoms. The fourth-order valence-corrected chi connectivity index (χ4v) is 7.30. The number of carbonyl (C=O) groups is 1. The van der Waals surface area contributed by atoms with Crippen LogP contribution < -0.4 is 5.32 Å². The van der Waals surface area contributed by atoms with Gasteiger partial charge in [-0.1, -0.05) is 48.9 Å². The molecule has 3 atom stereocenters. The largest absolute Gasteiger partial charge is 0.389 e. The van der Waals surface area contributed by atoms with Gasteiger partial charge >= 0.3 is 0 Å². The van der Waals surface area contributed by atoms with Crippen molar-refractivity contribution in [3.05, 3.63) is 105 Å². The number of Topliss-reactive ketones (excluding diaryl/α,β-unsaturated/α-hetero) is 1. The van der Waals surface area contributed by atoms with Gasteiger partial charge in [0.25, 0.3) is 0 Å². The molecule has 8 heteroatoms. The minimum atomic E-state index is -3.46. The topological polar surface area (TPSA) is 83.5 Å². The molecule has 1 aliphatic carbocycles. The highest BCUT2D eigenvalue weighted by Crippen LogP contribution is 2.45. The molecule has 1 heterocycles. The molecule has 2 aliphatic rings. The number of sulfone groups is 1. The van der Waals surface area contributed by atoms with E-state index in [4.69, 9.17) is 11.6 Å². The monoisotopic (exact) mass is 609 g/mol. The minimum absolute atomic E-state index is 0.0832. The first-order valence-electron chi connectivity index (χ1n) is 14.5.